The van der Waals surface area contributed by atoms with Gasteiger partial charge in [0.05, 0.1) is 5.56 Å². The van der Waals surface area contributed by atoms with Gasteiger partial charge in [-0.1, -0.05) is 0 Å². The maximum Gasteiger partial charge on any atom is 0.354 e. The van der Waals surface area contributed by atoms with Gasteiger partial charge in [0.2, 0.25) is 0 Å². The van der Waals surface area contributed by atoms with Gasteiger partial charge in [0.25, 0.3) is 5.91 Å². The van der Waals surface area contributed by atoms with E-state index < -0.39 is 5.97 Å². The lowest BCUT2D eigenvalue weighted by atomic mass is 10.2. The number of pyridine rings is 1. The monoisotopic (exact) mass is 268 g/mol. The van der Waals surface area contributed by atoms with E-state index in [1.165, 1.54) is 18.3 Å². The van der Waals surface area contributed by atoms with Crippen LogP contribution in [0.4, 0.5) is 0 Å². The molecule has 1 rings (SSSR count). The summed E-state index contributed by atoms with van der Waals surface area (Å²) in [5, 5.41) is 11.5. The lowest BCUT2D eigenvalue weighted by molar-refractivity contribution is 0.0689. The summed E-state index contributed by atoms with van der Waals surface area (Å²) in [5.41, 5.74) is 0.304. The van der Waals surface area contributed by atoms with E-state index in [0.717, 1.165) is 12.2 Å². The number of carboxylic acid groups (broad SMARTS) is 1. The van der Waals surface area contributed by atoms with Crippen molar-refractivity contribution < 1.29 is 14.7 Å². The fourth-order valence-electron chi connectivity index (χ4n) is 1.33. The first-order chi connectivity index (χ1) is 8.54. The molecule has 0 saturated heterocycles. The molecule has 18 heavy (non-hydrogen) atoms. The minimum Gasteiger partial charge on any atom is -0.477 e. The highest BCUT2D eigenvalue weighted by Crippen LogP contribution is 2.04. The van der Waals surface area contributed by atoms with Crippen LogP contribution in [-0.2, 0) is 0 Å². The first-order valence-corrected chi connectivity index (χ1v) is 6.93. The molecule has 1 atom stereocenters. The third-order valence-corrected chi connectivity index (χ3v) is 3.02. The number of nitrogens with one attached hydrogen (secondary N) is 1. The minimum atomic E-state index is -1.10. The SMILES string of the molecule is CSCCC(C)NC(=O)c1ccc(C(=O)O)nc1. The molecule has 0 fully saturated rings. The molecule has 0 spiro atoms. The standard InChI is InChI=1S/C12H16N2O3S/c1-8(5-6-18-2)14-11(15)9-3-4-10(12(16)17)13-7-9/h3-4,7-8H,5-6H2,1-2H3,(H,14,15)(H,16,17). The number of aromatic nitrogens is 1. The summed E-state index contributed by atoms with van der Waals surface area (Å²) in [6, 6.07) is 2.88. The van der Waals surface area contributed by atoms with Gasteiger partial charge < -0.3 is 10.4 Å². The lowest BCUT2D eigenvalue weighted by Crippen LogP contribution is -2.33. The van der Waals surface area contributed by atoms with Gasteiger partial charge in [-0.25, -0.2) is 9.78 Å². The maximum atomic E-state index is 11.8. The third kappa shape index (κ3) is 4.37. The molecular weight excluding hydrogens is 252 g/mol. The average molecular weight is 268 g/mol. The zero-order chi connectivity index (χ0) is 13.5. The van der Waals surface area contributed by atoms with E-state index in [4.69, 9.17) is 5.11 Å². The molecule has 6 heteroatoms. The van der Waals surface area contributed by atoms with Crippen molar-refractivity contribution in [2.24, 2.45) is 0 Å². The number of hydrogen-bond donors (Lipinski definition) is 2. The smallest absolute Gasteiger partial charge is 0.354 e. The molecule has 0 aliphatic heterocycles. The second kappa shape index (κ2) is 7.00. The number of nitrogens with zero attached hydrogens (tertiary/aromatic N) is 1. The number of hydrogen-bond acceptors (Lipinski definition) is 4. The quantitative estimate of drug-likeness (QED) is 0.820. The summed E-state index contributed by atoms with van der Waals surface area (Å²) in [6.07, 6.45) is 4.19. The van der Waals surface area contributed by atoms with Crippen LogP contribution in [0.3, 0.4) is 0 Å². The van der Waals surface area contributed by atoms with E-state index in [2.05, 4.69) is 10.3 Å². The fourth-order valence-corrected chi connectivity index (χ4v) is 1.92. The molecule has 0 bridgehead atoms. The number of amides is 1. The van der Waals surface area contributed by atoms with Gasteiger partial charge in [0.15, 0.2) is 0 Å². The molecule has 0 aliphatic carbocycles. The summed E-state index contributed by atoms with van der Waals surface area (Å²) >= 11 is 1.73. The van der Waals surface area contributed by atoms with Crippen molar-refractivity contribution in [3.63, 3.8) is 0 Å². The van der Waals surface area contributed by atoms with Crippen LogP contribution in [0.5, 0.6) is 0 Å². The van der Waals surface area contributed by atoms with Crippen LogP contribution >= 0.6 is 11.8 Å². The van der Waals surface area contributed by atoms with Gasteiger partial charge in [-0.3, -0.25) is 4.79 Å². The van der Waals surface area contributed by atoms with Crippen LogP contribution in [0.1, 0.15) is 34.2 Å². The number of aromatic carboxylic acids is 1. The summed E-state index contributed by atoms with van der Waals surface area (Å²) in [5.74, 6) is -0.346. The number of carboxylic acids is 1. The highest BCUT2D eigenvalue weighted by Gasteiger charge is 2.11. The molecule has 1 heterocycles. The van der Waals surface area contributed by atoms with Crippen molar-refractivity contribution in [2.75, 3.05) is 12.0 Å². The van der Waals surface area contributed by atoms with Crippen molar-refractivity contribution in [2.45, 2.75) is 19.4 Å². The van der Waals surface area contributed by atoms with E-state index in [9.17, 15) is 9.59 Å². The highest BCUT2D eigenvalue weighted by atomic mass is 32.2. The Kier molecular flexibility index (Phi) is 5.64. The molecule has 0 radical (unpaired) electrons. The number of rotatable bonds is 6. The number of carbonyl (C=O) groups excluding carboxylic acids is 1. The van der Waals surface area contributed by atoms with Gasteiger partial charge in [0.1, 0.15) is 5.69 Å². The Labute approximate surface area is 110 Å². The molecule has 0 aromatic carbocycles. The number of carbonyl (C=O) groups is 2. The van der Waals surface area contributed by atoms with E-state index in [0.29, 0.717) is 5.56 Å². The zero-order valence-corrected chi connectivity index (χ0v) is 11.2. The van der Waals surface area contributed by atoms with Crippen LogP contribution in [0, 0.1) is 0 Å². The third-order valence-electron chi connectivity index (χ3n) is 2.38. The Balaban J connectivity index is 2.58. The van der Waals surface area contributed by atoms with E-state index in [1.807, 2.05) is 13.2 Å². The van der Waals surface area contributed by atoms with Gasteiger partial charge in [-0.05, 0) is 37.5 Å². The van der Waals surface area contributed by atoms with Crippen LogP contribution in [0.2, 0.25) is 0 Å². The van der Waals surface area contributed by atoms with Crippen molar-refractivity contribution in [1.82, 2.24) is 10.3 Å². The summed E-state index contributed by atoms with van der Waals surface area (Å²) in [7, 11) is 0. The van der Waals surface area contributed by atoms with Gasteiger partial charge in [-0.15, -0.1) is 0 Å². The van der Waals surface area contributed by atoms with Crippen LogP contribution in [0.15, 0.2) is 18.3 Å². The lowest BCUT2D eigenvalue weighted by Gasteiger charge is -2.12. The molecule has 1 aromatic rings. The zero-order valence-electron chi connectivity index (χ0n) is 10.3. The Morgan fingerprint density at radius 1 is 1.50 bits per heavy atom. The molecule has 5 nitrogen and oxygen atoms in total. The molecule has 98 valence electrons. The van der Waals surface area contributed by atoms with E-state index >= 15 is 0 Å². The van der Waals surface area contributed by atoms with Gasteiger partial charge >= 0.3 is 5.97 Å². The van der Waals surface area contributed by atoms with Crippen LogP contribution in [0.25, 0.3) is 0 Å². The fraction of sp³-hybridized carbons (Fsp3) is 0.417. The molecule has 1 aromatic heterocycles. The average Bonchev–Trinajstić information content (AvgIpc) is 2.36. The molecule has 0 saturated carbocycles. The van der Waals surface area contributed by atoms with E-state index in [1.54, 1.807) is 11.8 Å². The van der Waals surface area contributed by atoms with Crippen molar-refractivity contribution in [1.29, 1.82) is 0 Å². The first-order valence-electron chi connectivity index (χ1n) is 5.53. The normalized spacial score (nSPS) is 11.9. The Hall–Kier alpha value is -1.56. The van der Waals surface area contributed by atoms with Gasteiger partial charge in [0, 0.05) is 12.2 Å². The summed E-state index contributed by atoms with van der Waals surface area (Å²) < 4.78 is 0. The second-order valence-electron chi connectivity index (χ2n) is 3.89. The Morgan fingerprint density at radius 2 is 2.22 bits per heavy atom. The second-order valence-corrected chi connectivity index (χ2v) is 4.88. The Bertz CT molecular complexity index is 420. The van der Waals surface area contributed by atoms with Crippen molar-refractivity contribution >= 4 is 23.6 Å². The van der Waals surface area contributed by atoms with Crippen molar-refractivity contribution in [3.05, 3.63) is 29.6 Å². The highest BCUT2D eigenvalue weighted by molar-refractivity contribution is 7.98. The topological polar surface area (TPSA) is 79.3 Å². The largest absolute Gasteiger partial charge is 0.477 e. The van der Waals surface area contributed by atoms with Crippen LogP contribution in [-0.4, -0.2) is 40.0 Å². The number of thioether (sulfide) groups is 1. The summed E-state index contributed by atoms with van der Waals surface area (Å²) in [6.45, 7) is 1.94. The predicted octanol–water partition coefficient (Wildman–Crippen LogP) is 1.65. The maximum absolute atomic E-state index is 11.8. The van der Waals surface area contributed by atoms with E-state index in [-0.39, 0.29) is 17.6 Å². The Morgan fingerprint density at radius 3 is 2.72 bits per heavy atom. The first kappa shape index (κ1) is 14.5. The van der Waals surface area contributed by atoms with Crippen LogP contribution < -0.4 is 5.32 Å². The molecule has 1 unspecified atom stereocenters. The predicted molar refractivity (Wildman–Crippen MR) is 71.1 cm³/mol. The van der Waals surface area contributed by atoms with Crippen molar-refractivity contribution in [3.8, 4) is 0 Å². The summed E-state index contributed by atoms with van der Waals surface area (Å²) in [4.78, 5) is 26.1. The molecule has 0 aliphatic rings. The molecule has 2 N–H and O–H groups in total. The molecular formula is C12H16N2O3S. The minimum absolute atomic E-state index is 0.0676. The van der Waals surface area contributed by atoms with Gasteiger partial charge in [-0.2, -0.15) is 11.8 Å². The molecule has 1 amide bonds.